The zero-order chi connectivity index (χ0) is 18.1. The van der Waals surface area contributed by atoms with E-state index in [1.54, 1.807) is 18.2 Å². The van der Waals surface area contributed by atoms with Gasteiger partial charge in [-0.25, -0.2) is 0 Å². The number of allylic oxidation sites excluding steroid dienone is 7. The van der Waals surface area contributed by atoms with E-state index in [0.717, 1.165) is 18.5 Å². The van der Waals surface area contributed by atoms with Gasteiger partial charge in [0.2, 0.25) is 0 Å². The van der Waals surface area contributed by atoms with Crippen LogP contribution in [0.5, 0.6) is 0 Å². The molecule has 0 spiro atoms. The molecule has 0 amide bonds. The Bertz CT molecular complexity index is 738. The van der Waals surface area contributed by atoms with Crippen molar-refractivity contribution in [3.8, 4) is 0 Å². The molecule has 1 aromatic carbocycles. The van der Waals surface area contributed by atoms with Crippen molar-refractivity contribution in [2.24, 2.45) is 0 Å². The van der Waals surface area contributed by atoms with Gasteiger partial charge in [-0.3, -0.25) is 0 Å². The number of methoxy groups -OCH3 is 1. The number of nitrogens with one attached hydrogen (secondary N) is 1. The molecule has 1 unspecified atom stereocenters. The number of hydrogen-bond donors (Lipinski definition) is 2. The summed E-state index contributed by atoms with van der Waals surface area (Å²) in [5.41, 5.74) is 3.04. The Morgan fingerprint density at radius 2 is 1.92 bits per heavy atom. The van der Waals surface area contributed by atoms with Crippen LogP contribution in [0.1, 0.15) is 17.2 Å². The summed E-state index contributed by atoms with van der Waals surface area (Å²) in [7, 11) is 1.53. The largest absolute Gasteiger partial charge is 0.504 e. The van der Waals surface area contributed by atoms with Gasteiger partial charge < -0.3 is 15.2 Å². The molecule has 3 nitrogen and oxygen atoms in total. The molecule has 25 heavy (non-hydrogen) atoms. The van der Waals surface area contributed by atoms with E-state index in [4.69, 9.17) is 4.74 Å². The van der Waals surface area contributed by atoms with E-state index in [9.17, 15) is 5.11 Å². The molecule has 130 valence electrons. The molecule has 0 radical (unpaired) electrons. The first-order valence-electron chi connectivity index (χ1n) is 8.29. The molecule has 1 aliphatic heterocycles. The second-order valence-corrected chi connectivity index (χ2v) is 5.64. The minimum atomic E-state index is -0.116. The van der Waals surface area contributed by atoms with E-state index < -0.39 is 0 Å². The number of aliphatic hydroxyl groups is 1. The maximum atomic E-state index is 10.6. The summed E-state index contributed by atoms with van der Waals surface area (Å²) in [5.74, 6) is 0.440. The van der Waals surface area contributed by atoms with Crippen molar-refractivity contribution >= 4 is 0 Å². The van der Waals surface area contributed by atoms with Crippen LogP contribution < -0.4 is 5.32 Å². The van der Waals surface area contributed by atoms with E-state index in [1.165, 1.54) is 12.7 Å². The molecule has 0 fully saturated rings. The first-order chi connectivity index (χ1) is 12.2. The van der Waals surface area contributed by atoms with Crippen LogP contribution in [0.3, 0.4) is 0 Å². The number of benzene rings is 1. The molecule has 0 aliphatic carbocycles. The third kappa shape index (κ3) is 4.85. The molecule has 0 saturated heterocycles. The minimum absolute atomic E-state index is 0.0583. The van der Waals surface area contributed by atoms with Crippen LogP contribution in [-0.4, -0.2) is 18.8 Å². The van der Waals surface area contributed by atoms with Crippen LogP contribution in [0.4, 0.5) is 0 Å². The third-order valence-electron chi connectivity index (χ3n) is 4.04. The van der Waals surface area contributed by atoms with Crippen LogP contribution in [0, 0.1) is 0 Å². The predicted octanol–water partition coefficient (Wildman–Crippen LogP) is 4.70. The first kappa shape index (κ1) is 18.6. The van der Waals surface area contributed by atoms with E-state index in [-0.39, 0.29) is 11.8 Å². The summed E-state index contributed by atoms with van der Waals surface area (Å²) in [5, 5.41) is 14.0. The second-order valence-electron chi connectivity index (χ2n) is 5.64. The number of fused-ring (bicyclic) bond motifs is 1. The van der Waals surface area contributed by atoms with Crippen molar-refractivity contribution < 1.29 is 9.84 Å². The Kier molecular flexibility index (Phi) is 7.05. The van der Waals surface area contributed by atoms with Crippen molar-refractivity contribution in [1.29, 1.82) is 0 Å². The maximum absolute atomic E-state index is 10.6. The summed E-state index contributed by atoms with van der Waals surface area (Å²) in [4.78, 5) is 0. The maximum Gasteiger partial charge on any atom is 0.162 e. The monoisotopic (exact) mass is 335 g/mol. The molecule has 0 bridgehead atoms. The molecule has 0 saturated carbocycles. The Balaban J connectivity index is 2.20. The number of rotatable bonds is 7. The zero-order valence-electron chi connectivity index (χ0n) is 14.6. The topological polar surface area (TPSA) is 41.5 Å². The summed E-state index contributed by atoms with van der Waals surface area (Å²) in [6.45, 7) is 8.55. The van der Waals surface area contributed by atoms with Gasteiger partial charge in [-0.1, -0.05) is 73.9 Å². The summed E-state index contributed by atoms with van der Waals surface area (Å²) in [6.07, 6.45) is 13.6. The fraction of sp³-hybridized carbons (Fsp3) is 0.182. The van der Waals surface area contributed by atoms with Gasteiger partial charge in [0.05, 0.1) is 13.2 Å². The van der Waals surface area contributed by atoms with E-state index in [2.05, 4.69) is 30.6 Å². The normalized spacial score (nSPS) is 18.4. The molecular formula is C22H25NO2. The lowest BCUT2D eigenvalue weighted by Crippen LogP contribution is -2.31. The fourth-order valence-electron chi connectivity index (χ4n) is 2.77. The lowest BCUT2D eigenvalue weighted by Gasteiger charge is -2.28. The van der Waals surface area contributed by atoms with E-state index in [1.807, 2.05) is 36.4 Å². The Hall–Kier alpha value is -2.78. The average molecular weight is 335 g/mol. The Labute approximate surface area is 150 Å². The molecule has 2 rings (SSSR count). The van der Waals surface area contributed by atoms with Gasteiger partial charge in [0.1, 0.15) is 0 Å². The smallest absolute Gasteiger partial charge is 0.162 e. The molecule has 1 atom stereocenters. The zero-order valence-corrected chi connectivity index (χ0v) is 14.6. The van der Waals surface area contributed by atoms with Crippen LogP contribution in [-0.2, 0) is 11.2 Å². The lowest BCUT2D eigenvalue weighted by molar-refractivity contribution is 0.269. The number of aliphatic hydroxyl groups excluding tert-OH is 1. The number of ether oxygens (including phenoxy) is 1. The quantitative estimate of drug-likeness (QED) is 0.560. The van der Waals surface area contributed by atoms with Gasteiger partial charge in [-0.15, -0.1) is 0 Å². The van der Waals surface area contributed by atoms with E-state index in [0.29, 0.717) is 11.3 Å². The Morgan fingerprint density at radius 1 is 1.20 bits per heavy atom. The third-order valence-corrected chi connectivity index (χ3v) is 4.04. The minimum Gasteiger partial charge on any atom is -0.504 e. The highest BCUT2D eigenvalue weighted by Crippen LogP contribution is 2.31. The van der Waals surface area contributed by atoms with Crippen LogP contribution in [0.2, 0.25) is 0 Å². The van der Waals surface area contributed by atoms with Crippen LogP contribution in [0.25, 0.3) is 0 Å². The van der Waals surface area contributed by atoms with Crippen molar-refractivity contribution in [3.05, 3.63) is 108 Å². The molecule has 3 heteroatoms. The number of hydrogen-bond acceptors (Lipinski definition) is 3. The van der Waals surface area contributed by atoms with Gasteiger partial charge in [-0.2, -0.15) is 0 Å². The molecule has 1 aromatic rings. The van der Waals surface area contributed by atoms with Gasteiger partial charge in [-0.05, 0) is 23.6 Å². The van der Waals surface area contributed by atoms with Crippen LogP contribution >= 0.6 is 0 Å². The predicted molar refractivity (Wildman–Crippen MR) is 104 cm³/mol. The van der Waals surface area contributed by atoms with Crippen molar-refractivity contribution in [3.63, 3.8) is 0 Å². The fourth-order valence-corrected chi connectivity index (χ4v) is 2.77. The first-order valence-corrected chi connectivity index (χ1v) is 8.29. The van der Waals surface area contributed by atoms with Crippen LogP contribution in [0.15, 0.2) is 97.0 Å². The Morgan fingerprint density at radius 3 is 2.68 bits per heavy atom. The van der Waals surface area contributed by atoms with Gasteiger partial charge in [0.25, 0.3) is 0 Å². The highest BCUT2D eigenvalue weighted by atomic mass is 16.5. The summed E-state index contributed by atoms with van der Waals surface area (Å²) in [6, 6.07) is 8.12. The van der Waals surface area contributed by atoms with Crippen molar-refractivity contribution in [1.82, 2.24) is 5.32 Å². The summed E-state index contributed by atoms with van der Waals surface area (Å²) >= 11 is 0. The van der Waals surface area contributed by atoms with Crippen molar-refractivity contribution in [2.75, 3.05) is 13.7 Å². The lowest BCUT2D eigenvalue weighted by atomic mass is 9.89. The molecule has 1 heterocycles. The SMILES string of the molecule is C=C\C=C/C=C\C=C/C(OC)=C(/O)C(=C)C1NCCc2ccccc21. The molecular weight excluding hydrogens is 310 g/mol. The average Bonchev–Trinajstić information content (AvgIpc) is 2.66. The highest BCUT2D eigenvalue weighted by Gasteiger charge is 2.24. The second kappa shape index (κ2) is 9.50. The van der Waals surface area contributed by atoms with E-state index >= 15 is 0 Å². The van der Waals surface area contributed by atoms with Gasteiger partial charge in [0.15, 0.2) is 11.5 Å². The van der Waals surface area contributed by atoms with Gasteiger partial charge >= 0.3 is 0 Å². The molecule has 2 N–H and O–H groups in total. The molecule has 0 aromatic heterocycles. The molecule has 1 aliphatic rings. The highest BCUT2D eigenvalue weighted by molar-refractivity contribution is 5.43. The van der Waals surface area contributed by atoms with Crippen molar-refractivity contribution in [2.45, 2.75) is 12.5 Å². The standard InChI is InChI=1S/C22H25NO2/c1-4-5-6-7-8-9-14-20(25-3)22(24)17(2)21-19-13-11-10-12-18(19)15-16-23-21/h4-14,21,23-24H,1-2,15-16H2,3H3/b6-5-,8-7-,14-9-,22-20-. The van der Waals surface area contributed by atoms with Gasteiger partial charge in [0, 0.05) is 12.1 Å². The summed E-state index contributed by atoms with van der Waals surface area (Å²) < 4.78 is 5.33.